The van der Waals surface area contributed by atoms with Crippen LogP contribution in [0.2, 0.25) is 0 Å². The summed E-state index contributed by atoms with van der Waals surface area (Å²) in [4.78, 5) is 0. The summed E-state index contributed by atoms with van der Waals surface area (Å²) in [6.45, 7) is 3.43. The van der Waals surface area contributed by atoms with Crippen molar-refractivity contribution in [2.24, 2.45) is 5.92 Å². The van der Waals surface area contributed by atoms with Crippen molar-refractivity contribution in [2.45, 2.75) is 25.4 Å². The van der Waals surface area contributed by atoms with Crippen molar-refractivity contribution in [3.8, 4) is 0 Å². The van der Waals surface area contributed by atoms with E-state index in [4.69, 9.17) is 5.11 Å². The van der Waals surface area contributed by atoms with Gasteiger partial charge in [-0.15, -0.1) is 0 Å². The lowest BCUT2D eigenvalue weighted by molar-refractivity contribution is -0.0531. The Kier molecular flexibility index (Phi) is 2.87. The predicted octanol–water partition coefficient (Wildman–Crippen LogP) is -0.271. The Bertz CT molecular complexity index is 119. The van der Waals surface area contributed by atoms with Gasteiger partial charge in [-0.2, -0.15) is 0 Å². The highest BCUT2D eigenvalue weighted by atomic mass is 16.3. The van der Waals surface area contributed by atoms with Crippen LogP contribution in [-0.2, 0) is 0 Å². The van der Waals surface area contributed by atoms with E-state index in [9.17, 15) is 5.11 Å². The molecule has 0 unspecified atom stereocenters. The number of aliphatic hydroxyl groups excluding tert-OH is 1. The van der Waals surface area contributed by atoms with Crippen LogP contribution in [0, 0.1) is 5.92 Å². The van der Waals surface area contributed by atoms with Gasteiger partial charge in [0, 0.05) is 12.5 Å². The molecule has 1 aliphatic rings. The second-order valence-corrected chi connectivity index (χ2v) is 3.56. The van der Waals surface area contributed by atoms with Gasteiger partial charge in [-0.1, -0.05) is 0 Å². The minimum absolute atomic E-state index is 0.140. The van der Waals surface area contributed by atoms with E-state index in [0.29, 0.717) is 0 Å². The number of hydrogen-bond acceptors (Lipinski definition) is 3. The fourth-order valence-electron chi connectivity index (χ4n) is 1.51. The van der Waals surface area contributed by atoms with E-state index in [0.717, 1.165) is 25.9 Å². The fourth-order valence-corrected chi connectivity index (χ4v) is 1.51. The van der Waals surface area contributed by atoms with E-state index in [2.05, 4.69) is 5.32 Å². The average Bonchev–Trinajstić information content (AvgIpc) is 2.06. The van der Waals surface area contributed by atoms with Crippen LogP contribution in [0.4, 0.5) is 0 Å². The van der Waals surface area contributed by atoms with Crippen LogP contribution >= 0.6 is 0 Å². The van der Waals surface area contributed by atoms with Crippen LogP contribution in [0.1, 0.15) is 19.8 Å². The van der Waals surface area contributed by atoms with E-state index >= 15 is 0 Å². The minimum Gasteiger partial charge on any atom is -0.393 e. The molecule has 1 aliphatic heterocycles. The molecule has 3 heteroatoms. The van der Waals surface area contributed by atoms with E-state index < -0.39 is 5.60 Å². The van der Waals surface area contributed by atoms with Gasteiger partial charge in [0.2, 0.25) is 0 Å². The summed E-state index contributed by atoms with van der Waals surface area (Å²) in [5.74, 6) is 0.209. The van der Waals surface area contributed by atoms with Gasteiger partial charge in [-0.3, -0.25) is 0 Å². The smallest absolute Gasteiger partial charge is 0.0889 e. The van der Waals surface area contributed by atoms with Crippen molar-refractivity contribution >= 4 is 0 Å². The van der Waals surface area contributed by atoms with Gasteiger partial charge in [0.15, 0.2) is 0 Å². The topological polar surface area (TPSA) is 52.5 Å². The molecular weight excluding hydrogens is 142 g/mol. The maximum Gasteiger partial charge on any atom is 0.0889 e. The third kappa shape index (κ3) is 2.15. The van der Waals surface area contributed by atoms with Crippen LogP contribution in [0.5, 0.6) is 0 Å². The summed E-state index contributed by atoms with van der Waals surface area (Å²) in [6.07, 6.45) is 2.11. The summed E-state index contributed by atoms with van der Waals surface area (Å²) in [6, 6.07) is 0. The molecule has 0 aliphatic carbocycles. The molecule has 2 atom stereocenters. The summed E-state index contributed by atoms with van der Waals surface area (Å²) in [5.41, 5.74) is -0.895. The lowest BCUT2D eigenvalue weighted by Crippen LogP contribution is -2.46. The third-order valence-corrected chi connectivity index (χ3v) is 2.50. The van der Waals surface area contributed by atoms with Gasteiger partial charge in [-0.25, -0.2) is 0 Å². The molecule has 1 rings (SSSR count). The molecule has 0 saturated carbocycles. The molecule has 0 amide bonds. The molecule has 3 N–H and O–H groups in total. The quantitative estimate of drug-likeness (QED) is 0.520. The highest BCUT2D eigenvalue weighted by molar-refractivity contribution is 4.85. The monoisotopic (exact) mass is 159 g/mol. The molecule has 1 saturated heterocycles. The largest absolute Gasteiger partial charge is 0.393 e. The Morgan fingerprint density at radius 3 is 2.82 bits per heavy atom. The zero-order valence-corrected chi connectivity index (χ0v) is 7.01. The first-order valence-corrected chi connectivity index (χ1v) is 4.21. The number of nitrogens with one attached hydrogen (secondary N) is 1. The maximum atomic E-state index is 9.66. The second kappa shape index (κ2) is 3.52. The Balaban J connectivity index is 2.43. The molecule has 1 heterocycles. The summed E-state index contributed by atoms with van der Waals surface area (Å²) in [7, 11) is 0. The minimum atomic E-state index is -0.895. The van der Waals surface area contributed by atoms with Gasteiger partial charge in [0.05, 0.1) is 12.2 Å². The second-order valence-electron chi connectivity index (χ2n) is 3.56. The van der Waals surface area contributed by atoms with Crippen LogP contribution in [0.15, 0.2) is 0 Å². The molecule has 1 fully saturated rings. The predicted molar refractivity (Wildman–Crippen MR) is 43.3 cm³/mol. The van der Waals surface area contributed by atoms with Crippen LogP contribution in [0.3, 0.4) is 0 Å². The SMILES string of the molecule is C[C@@](O)(CO)[C@H]1CCCNC1. The van der Waals surface area contributed by atoms with Crippen molar-refractivity contribution in [3.63, 3.8) is 0 Å². The van der Waals surface area contributed by atoms with E-state index in [1.165, 1.54) is 0 Å². The summed E-state index contributed by atoms with van der Waals surface area (Å²) < 4.78 is 0. The molecular formula is C8H17NO2. The number of rotatable bonds is 2. The van der Waals surface area contributed by atoms with Crippen LogP contribution in [0.25, 0.3) is 0 Å². The molecule has 11 heavy (non-hydrogen) atoms. The number of piperidine rings is 1. The number of hydrogen-bond donors (Lipinski definition) is 3. The summed E-state index contributed by atoms with van der Waals surface area (Å²) in [5, 5.41) is 21.7. The van der Waals surface area contributed by atoms with E-state index in [-0.39, 0.29) is 12.5 Å². The third-order valence-electron chi connectivity index (χ3n) is 2.50. The molecule has 3 nitrogen and oxygen atoms in total. The lowest BCUT2D eigenvalue weighted by atomic mass is 9.84. The van der Waals surface area contributed by atoms with Gasteiger partial charge in [0.25, 0.3) is 0 Å². The van der Waals surface area contributed by atoms with Crippen molar-refractivity contribution < 1.29 is 10.2 Å². The Morgan fingerprint density at radius 1 is 1.64 bits per heavy atom. The van der Waals surface area contributed by atoms with Crippen molar-refractivity contribution in [1.82, 2.24) is 5.32 Å². The number of aliphatic hydroxyl groups is 2. The van der Waals surface area contributed by atoms with Gasteiger partial charge < -0.3 is 15.5 Å². The first-order valence-electron chi connectivity index (χ1n) is 4.21. The molecule has 0 aromatic rings. The molecule has 0 spiro atoms. The van der Waals surface area contributed by atoms with Gasteiger partial charge in [0.1, 0.15) is 0 Å². The van der Waals surface area contributed by atoms with E-state index in [1.807, 2.05) is 0 Å². The molecule has 0 radical (unpaired) electrons. The van der Waals surface area contributed by atoms with Gasteiger partial charge >= 0.3 is 0 Å². The Hall–Kier alpha value is -0.120. The maximum absolute atomic E-state index is 9.66. The fraction of sp³-hybridized carbons (Fsp3) is 1.00. The molecule has 0 aromatic carbocycles. The normalized spacial score (nSPS) is 31.4. The standard InChI is InChI=1S/C8H17NO2/c1-8(11,6-10)7-3-2-4-9-5-7/h7,9-11H,2-6H2,1H3/t7-,8+/m0/s1. The van der Waals surface area contributed by atoms with Gasteiger partial charge in [-0.05, 0) is 26.3 Å². The lowest BCUT2D eigenvalue weighted by Gasteiger charge is -2.34. The molecule has 0 aromatic heterocycles. The average molecular weight is 159 g/mol. The van der Waals surface area contributed by atoms with Crippen molar-refractivity contribution in [3.05, 3.63) is 0 Å². The highest BCUT2D eigenvalue weighted by Gasteiger charge is 2.31. The zero-order valence-electron chi connectivity index (χ0n) is 7.01. The van der Waals surface area contributed by atoms with Crippen molar-refractivity contribution in [1.29, 1.82) is 0 Å². The molecule has 66 valence electrons. The van der Waals surface area contributed by atoms with E-state index in [1.54, 1.807) is 6.92 Å². The first-order chi connectivity index (χ1) is 5.17. The first kappa shape index (κ1) is 8.97. The van der Waals surface area contributed by atoms with Crippen molar-refractivity contribution in [2.75, 3.05) is 19.7 Å². The van der Waals surface area contributed by atoms with Crippen LogP contribution < -0.4 is 5.32 Å². The highest BCUT2D eigenvalue weighted by Crippen LogP contribution is 2.22. The van der Waals surface area contributed by atoms with Crippen LogP contribution in [-0.4, -0.2) is 35.5 Å². The molecule has 0 bridgehead atoms. The Morgan fingerprint density at radius 2 is 2.36 bits per heavy atom. The zero-order chi connectivity index (χ0) is 8.32. The Labute approximate surface area is 67.4 Å². The summed E-state index contributed by atoms with van der Waals surface area (Å²) >= 11 is 0.